The molecule has 0 unspecified atom stereocenters. The van der Waals surface area contributed by atoms with E-state index in [1.54, 1.807) is 6.08 Å². The van der Waals surface area contributed by atoms with E-state index in [0.717, 1.165) is 12.8 Å². The van der Waals surface area contributed by atoms with Crippen molar-refractivity contribution in [3.8, 4) is 0 Å². The van der Waals surface area contributed by atoms with E-state index < -0.39 is 9.84 Å². The maximum atomic E-state index is 11.2. The van der Waals surface area contributed by atoms with Gasteiger partial charge in [0.25, 0.3) is 0 Å². The fraction of sp³-hybridized carbons (Fsp3) is 0.636. The quantitative estimate of drug-likeness (QED) is 0.462. The molecule has 0 saturated carbocycles. The normalized spacial score (nSPS) is 12.1. The van der Waals surface area contributed by atoms with Gasteiger partial charge in [-0.25, -0.2) is 8.42 Å². The average Bonchev–Trinajstić information content (AvgIpc) is 2.11. The van der Waals surface area contributed by atoms with E-state index in [2.05, 4.69) is 13.5 Å². The van der Waals surface area contributed by atoms with Gasteiger partial charge >= 0.3 is 0 Å². The Morgan fingerprint density at radius 1 is 1.14 bits per heavy atom. The van der Waals surface area contributed by atoms with Crippen molar-refractivity contribution >= 4 is 9.84 Å². The Morgan fingerprint density at radius 3 is 2.43 bits per heavy atom. The zero-order valence-corrected chi connectivity index (χ0v) is 9.72. The number of hydrogen-bond acceptors (Lipinski definition) is 2. The summed E-state index contributed by atoms with van der Waals surface area (Å²) in [5.41, 5.74) is 0. The van der Waals surface area contributed by atoms with Crippen molar-refractivity contribution in [3.05, 3.63) is 24.8 Å². The molecule has 14 heavy (non-hydrogen) atoms. The first-order valence-electron chi connectivity index (χ1n) is 5.08. The van der Waals surface area contributed by atoms with Gasteiger partial charge < -0.3 is 0 Å². The lowest BCUT2D eigenvalue weighted by molar-refractivity contribution is 0.602. The summed E-state index contributed by atoms with van der Waals surface area (Å²) in [6.45, 7) is 5.56. The van der Waals surface area contributed by atoms with Crippen LogP contribution in [0.3, 0.4) is 0 Å². The van der Waals surface area contributed by atoms with E-state index in [9.17, 15) is 8.42 Å². The molecule has 2 nitrogen and oxygen atoms in total. The number of hydrogen-bond donors (Lipinski definition) is 0. The molecule has 0 bridgehead atoms. The number of sulfone groups is 1. The van der Waals surface area contributed by atoms with E-state index >= 15 is 0 Å². The lowest BCUT2D eigenvalue weighted by Gasteiger charge is -1.95. The molecule has 0 aliphatic carbocycles. The maximum absolute atomic E-state index is 11.2. The van der Waals surface area contributed by atoms with Crippen LogP contribution in [0.5, 0.6) is 0 Å². The first kappa shape index (κ1) is 13.4. The highest BCUT2D eigenvalue weighted by Crippen LogP contribution is 2.00. The zero-order chi connectivity index (χ0) is 10.9. The largest absolute Gasteiger partial charge is 0.228 e. The fourth-order valence-electron chi connectivity index (χ4n) is 1.09. The van der Waals surface area contributed by atoms with Gasteiger partial charge in [0.1, 0.15) is 0 Å². The summed E-state index contributed by atoms with van der Waals surface area (Å²) in [6, 6.07) is 0. The Hall–Kier alpha value is -0.570. The third-order valence-corrected chi connectivity index (χ3v) is 3.31. The Kier molecular flexibility index (Phi) is 7.48. The molecular weight excluding hydrogens is 196 g/mol. The molecule has 0 rings (SSSR count). The smallest absolute Gasteiger partial charge is 0.157 e. The van der Waals surface area contributed by atoms with Crippen molar-refractivity contribution in [2.24, 2.45) is 0 Å². The van der Waals surface area contributed by atoms with Crippen LogP contribution in [-0.2, 0) is 9.84 Å². The van der Waals surface area contributed by atoms with Crippen LogP contribution < -0.4 is 0 Å². The van der Waals surface area contributed by atoms with Crippen molar-refractivity contribution in [1.29, 1.82) is 0 Å². The van der Waals surface area contributed by atoms with Crippen LogP contribution in [0.15, 0.2) is 24.8 Å². The molecule has 0 aliphatic rings. The molecule has 0 aromatic carbocycles. The summed E-state index contributed by atoms with van der Waals surface area (Å²) in [4.78, 5) is 0. The minimum absolute atomic E-state index is 0.0757. The van der Waals surface area contributed by atoms with Crippen LogP contribution in [0, 0.1) is 0 Å². The summed E-state index contributed by atoms with van der Waals surface area (Å²) in [5.74, 6) is 0.220. The van der Waals surface area contributed by atoms with E-state index in [4.69, 9.17) is 0 Å². The van der Waals surface area contributed by atoms with Crippen LogP contribution >= 0.6 is 0 Å². The highest BCUT2D eigenvalue weighted by molar-refractivity contribution is 7.91. The van der Waals surface area contributed by atoms with Crippen molar-refractivity contribution < 1.29 is 8.42 Å². The van der Waals surface area contributed by atoms with Gasteiger partial charge in [-0.05, 0) is 12.8 Å². The molecule has 0 amide bonds. The van der Waals surface area contributed by atoms with Crippen LogP contribution in [0.4, 0.5) is 0 Å². The SMILES string of the molecule is C=CCS(=O)(=O)C/C=C/CCCCC. The number of unbranched alkanes of at least 4 members (excludes halogenated alkanes) is 3. The Labute approximate surface area is 87.6 Å². The van der Waals surface area contributed by atoms with Crippen LogP contribution in [0.1, 0.15) is 32.6 Å². The fourth-order valence-corrected chi connectivity index (χ4v) is 2.02. The third kappa shape index (κ3) is 8.05. The molecule has 0 heterocycles. The molecule has 3 heteroatoms. The first-order valence-corrected chi connectivity index (χ1v) is 6.91. The topological polar surface area (TPSA) is 34.1 Å². The van der Waals surface area contributed by atoms with Crippen LogP contribution in [-0.4, -0.2) is 19.9 Å². The summed E-state index contributed by atoms with van der Waals surface area (Å²) in [5, 5.41) is 0. The molecule has 0 fully saturated rings. The van der Waals surface area contributed by atoms with Gasteiger partial charge in [0, 0.05) is 0 Å². The molecule has 0 radical (unpaired) electrons. The highest BCUT2D eigenvalue weighted by Gasteiger charge is 2.03. The zero-order valence-electron chi connectivity index (χ0n) is 8.91. The summed E-state index contributed by atoms with van der Waals surface area (Å²) < 4.78 is 22.4. The second kappa shape index (κ2) is 7.80. The summed E-state index contributed by atoms with van der Waals surface area (Å²) in [7, 11) is -2.93. The summed E-state index contributed by atoms with van der Waals surface area (Å²) >= 11 is 0. The van der Waals surface area contributed by atoms with E-state index in [-0.39, 0.29) is 11.5 Å². The molecule has 0 N–H and O–H groups in total. The monoisotopic (exact) mass is 216 g/mol. The lowest BCUT2D eigenvalue weighted by atomic mass is 10.2. The van der Waals surface area contributed by atoms with Crippen molar-refractivity contribution in [2.75, 3.05) is 11.5 Å². The Bertz CT molecular complexity index is 263. The molecule has 0 saturated heterocycles. The van der Waals surface area contributed by atoms with E-state index in [1.165, 1.54) is 18.9 Å². The standard InChI is InChI=1S/C11H20O2S/c1-3-5-6-7-8-9-11-14(12,13)10-4-2/h4,8-9H,2-3,5-7,10-11H2,1H3/b9-8+. The Balaban J connectivity index is 3.65. The lowest BCUT2D eigenvalue weighted by Crippen LogP contribution is -2.06. The van der Waals surface area contributed by atoms with Crippen LogP contribution in [0.25, 0.3) is 0 Å². The van der Waals surface area contributed by atoms with E-state index in [0.29, 0.717) is 0 Å². The first-order chi connectivity index (χ1) is 6.62. The van der Waals surface area contributed by atoms with E-state index in [1.807, 2.05) is 6.08 Å². The second-order valence-corrected chi connectivity index (χ2v) is 5.49. The second-order valence-electron chi connectivity index (χ2n) is 3.33. The van der Waals surface area contributed by atoms with Crippen molar-refractivity contribution in [1.82, 2.24) is 0 Å². The van der Waals surface area contributed by atoms with Gasteiger partial charge in [0.2, 0.25) is 0 Å². The molecule has 0 spiro atoms. The predicted octanol–water partition coefficient (Wildman–Crippen LogP) is 2.72. The molecule has 0 aromatic rings. The average molecular weight is 216 g/mol. The molecule has 82 valence electrons. The van der Waals surface area contributed by atoms with Gasteiger partial charge in [0.05, 0.1) is 11.5 Å². The van der Waals surface area contributed by atoms with Crippen LogP contribution in [0.2, 0.25) is 0 Å². The van der Waals surface area contributed by atoms with Gasteiger partial charge in [-0.15, -0.1) is 6.58 Å². The Morgan fingerprint density at radius 2 is 1.86 bits per heavy atom. The number of rotatable bonds is 8. The summed E-state index contributed by atoms with van der Waals surface area (Å²) in [6.07, 6.45) is 9.67. The van der Waals surface area contributed by atoms with Gasteiger partial charge in [-0.3, -0.25) is 0 Å². The molecular formula is C11H20O2S. The van der Waals surface area contributed by atoms with Gasteiger partial charge in [-0.1, -0.05) is 38.0 Å². The molecule has 0 aromatic heterocycles. The third-order valence-electron chi connectivity index (χ3n) is 1.86. The maximum Gasteiger partial charge on any atom is 0.157 e. The van der Waals surface area contributed by atoms with Crippen molar-refractivity contribution in [2.45, 2.75) is 32.6 Å². The molecule has 0 atom stereocenters. The number of allylic oxidation sites excluding steroid dienone is 1. The minimum atomic E-state index is -2.93. The molecule has 0 aliphatic heterocycles. The van der Waals surface area contributed by atoms with Crippen molar-refractivity contribution in [3.63, 3.8) is 0 Å². The predicted molar refractivity (Wildman–Crippen MR) is 62.1 cm³/mol. The van der Waals surface area contributed by atoms with Gasteiger partial charge in [-0.2, -0.15) is 0 Å². The van der Waals surface area contributed by atoms with Gasteiger partial charge in [0.15, 0.2) is 9.84 Å². The highest BCUT2D eigenvalue weighted by atomic mass is 32.2. The minimum Gasteiger partial charge on any atom is -0.228 e.